The Balaban J connectivity index is 2.70. The molecule has 1 atom stereocenters. The minimum absolute atomic E-state index is 0.0166. The first-order chi connectivity index (χ1) is 7.41. The predicted molar refractivity (Wildman–Crippen MR) is 80.0 cm³/mol. The average Bonchev–Trinajstić information content (AvgIpc) is 2.61. The van der Waals surface area contributed by atoms with Gasteiger partial charge in [0.05, 0.1) is 13.4 Å². The van der Waals surface area contributed by atoms with Gasteiger partial charge >= 0.3 is 0 Å². The summed E-state index contributed by atoms with van der Waals surface area (Å²) in [5, 5.41) is 1.87. The molecule has 3 nitrogen and oxygen atoms in total. The Labute approximate surface area is 118 Å². The molecule has 1 unspecified atom stereocenters. The number of nitrogens with zero attached hydrogens (tertiary/aromatic N) is 1. The molecule has 0 spiro atoms. The number of thiocarbonyl (C=S) groups is 1. The summed E-state index contributed by atoms with van der Waals surface area (Å²) in [7, 11) is 1.77. The quantitative estimate of drug-likeness (QED) is 0.656. The maximum atomic E-state index is 12.0. The fraction of sp³-hybridized carbons (Fsp3) is 0.400. The van der Waals surface area contributed by atoms with E-state index >= 15 is 0 Å². The maximum Gasteiger partial charge on any atom is 0.254 e. The zero-order valence-electron chi connectivity index (χ0n) is 9.07. The van der Waals surface area contributed by atoms with Gasteiger partial charge in [-0.3, -0.25) is 4.79 Å². The van der Waals surface area contributed by atoms with Gasteiger partial charge in [-0.15, -0.1) is 11.3 Å². The SMILES string of the molecule is CC(CC(N)=S)N(C)C(=O)c1csc(I)c1. The van der Waals surface area contributed by atoms with Crippen molar-refractivity contribution in [3.63, 3.8) is 0 Å². The van der Waals surface area contributed by atoms with Crippen LogP contribution in [0.1, 0.15) is 23.7 Å². The van der Waals surface area contributed by atoms with Crippen molar-refractivity contribution in [1.29, 1.82) is 0 Å². The highest BCUT2D eigenvalue weighted by molar-refractivity contribution is 14.1. The molecular formula is C10H13IN2OS2. The lowest BCUT2D eigenvalue weighted by molar-refractivity contribution is 0.0748. The average molecular weight is 368 g/mol. The zero-order chi connectivity index (χ0) is 12.3. The summed E-state index contributed by atoms with van der Waals surface area (Å²) in [6.45, 7) is 1.94. The second kappa shape index (κ2) is 5.92. The number of amides is 1. The Bertz CT molecular complexity index is 405. The van der Waals surface area contributed by atoms with E-state index in [0.29, 0.717) is 11.4 Å². The number of carbonyl (C=O) groups excluding carboxylic acids is 1. The van der Waals surface area contributed by atoms with Crippen molar-refractivity contribution in [2.45, 2.75) is 19.4 Å². The first-order valence-corrected chi connectivity index (χ1v) is 7.08. The monoisotopic (exact) mass is 368 g/mol. The van der Waals surface area contributed by atoms with E-state index in [9.17, 15) is 4.79 Å². The van der Waals surface area contributed by atoms with Gasteiger partial charge in [0.25, 0.3) is 5.91 Å². The van der Waals surface area contributed by atoms with Gasteiger partial charge < -0.3 is 10.6 Å². The van der Waals surface area contributed by atoms with E-state index in [-0.39, 0.29) is 11.9 Å². The molecule has 0 aliphatic rings. The van der Waals surface area contributed by atoms with Gasteiger partial charge in [-0.2, -0.15) is 0 Å². The number of nitrogens with two attached hydrogens (primary N) is 1. The summed E-state index contributed by atoms with van der Waals surface area (Å²) in [4.78, 5) is 14.1. The standard InChI is InChI=1S/C10H13IN2OS2/c1-6(3-9(12)15)13(2)10(14)7-4-8(11)16-5-7/h4-6H,3H2,1-2H3,(H2,12,15). The van der Waals surface area contributed by atoms with Crippen molar-refractivity contribution in [1.82, 2.24) is 4.90 Å². The highest BCUT2D eigenvalue weighted by Gasteiger charge is 2.18. The van der Waals surface area contributed by atoms with Crippen molar-refractivity contribution < 1.29 is 4.79 Å². The molecule has 6 heteroatoms. The smallest absolute Gasteiger partial charge is 0.254 e. The Morgan fingerprint density at radius 1 is 1.75 bits per heavy atom. The van der Waals surface area contributed by atoms with Crippen molar-refractivity contribution >= 4 is 57.0 Å². The number of thiophene rings is 1. The third-order valence-electron chi connectivity index (χ3n) is 2.29. The van der Waals surface area contributed by atoms with Crippen LogP contribution in [0.3, 0.4) is 0 Å². The predicted octanol–water partition coefficient (Wildman–Crippen LogP) is 2.49. The molecule has 0 saturated heterocycles. The highest BCUT2D eigenvalue weighted by atomic mass is 127. The zero-order valence-corrected chi connectivity index (χ0v) is 12.9. The van der Waals surface area contributed by atoms with Crippen LogP contribution in [0.25, 0.3) is 0 Å². The van der Waals surface area contributed by atoms with Gasteiger partial charge in [0.15, 0.2) is 0 Å². The summed E-state index contributed by atoms with van der Waals surface area (Å²) < 4.78 is 1.11. The van der Waals surface area contributed by atoms with Gasteiger partial charge in [0, 0.05) is 24.9 Å². The molecule has 1 amide bonds. The van der Waals surface area contributed by atoms with Gasteiger partial charge in [-0.05, 0) is 35.6 Å². The van der Waals surface area contributed by atoms with Crippen molar-refractivity contribution in [2.24, 2.45) is 5.73 Å². The lowest BCUT2D eigenvalue weighted by Crippen LogP contribution is -2.37. The molecule has 0 bridgehead atoms. The van der Waals surface area contributed by atoms with E-state index < -0.39 is 0 Å². The Kier molecular flexibility index (Phi) is 5.13. The lowest BCUT2D eigenvalue weighted by Gasteiger charge is -2.24. The summed E-state index contributed by atoms with van der Waals surface area (Å²) in [5.74, 6) is 0.0166. The normalized spacial score (nSPS) is 12.2. The van der Waals surface area contributed by atoms with Crippen LogP contribution >= 0.6 is 46.1 Å². The molecule has 88 valence electrons. The topological polar surface area (TPSA) is 46.3 Å². The summed E-state index contributed by atoms with van der Waals surface area (Å²) >= 11 is 8.61. The van der Waals surface area contributed by atoms with Crippen molar-refractivity contribution in [3.8, 4) is 0 Å². The van der Waals surface area contributed by atoms with Crippen LogP contribution in [0.2, 0.25) is 0 Å². The molecule has 0 aliphatic heterocycles. The first kappa shape index (κ1) is 13.9. The Hall–Kier alpha value is -0.210. The van der Waals surface area contributed by atoms with Gasteiger partial charge in [-0.25, -0.2) is 0 Å². The van der Waals surface area contributed by atoms with Crippen LogP contribution in [-0.2, 0) is 0 Å². The number of carbonyl (C=O) groups is 1. The molecule has 0 radical (unpaired) electrons. The van der Waals surface area contributed by atoms with Crippen LogP contribution in [0.4, 0.5) is 0 Å². The van der Waals surface area contributed by atoms with Crippen LogP contribution in [0.15, 0.2) is 11.4 Å². The molecule has 2 N–H and O–H groups in total. The van der Waals surface area contributed by atoms with Crippen LogP contribution in [0.5, 0.6) is 0 Å². The maximum absolute atomic E-state index is 12.0. The second-order valence-electron chi connectivity index (χ2n) is 3.58. The number of rotatable bonds is 4. The van der Waals surface area contributed by atoms with Crippen molar-refractivity contribution in [3.05, 3.63) is 19.9 Å². The largest absolute Gasteiger partial charge is 0.393 e. The molecule has 1 aromatic heterocycles. The van der Waals surface area contributed by atoms with Crippen molar-refractivity contribution in [2.75, 3.05) is 7.05 Å². The van der Waals surface area contributed by atoms with Gasteiger partial charge in [-0.1, -0.05) is 12.2 Å². The molecular weight excluding hydrogens is 355 g/mol. The molecule has 0 fully saturated rings. The molecule has 1 heterocycles. The minimum atomic E-state index is 0.0166. The fourth-order valence-corrected chi connectivity index (χ4v) is 2.82. The van der Waals surface area contributed by atoms with E-state index in [1.165, 1.54) is 0 Å². The highest BCUT2D eigenvalue weighted by Crippen LogP contribution is 2.18. The summed E-state index contributed by atoms with van der Waals surface area (Å²) in [5.41, 5.74) is 6.20. The molecule has 1 rings (SSSR count). The van der Waals surface area contributed by atoms with Gasteiger partial charge in [0.1, 0.15) is 0 Å². The van der Waals surface area contributed by atoms with Crippen LogP contribution in [-0.4, -0.2) is 28.9 Å². The van der Waals surface area contributed by atoms with E-state index in [2.05, 4.69) is 22.6 Å². The summed E-state index contributed by atoms with van der Waals surface area (Å²) in [6, 6.07) is 1.92. The molecule has 0 aliphatic carbocycles. The second-order valence-corrected chi connectivity index (χ2v) is 6.90. The number of hydrogen-bond donors (Lipinski definition) is 1. The van der Waals surface area contributed by atoms with Crippen LogP contribution in [0, 0.1) is 2.88 Å². The number of halogens is 1. The van der Waals surface area contributed by atoms with E-state index in [4.69, 9.17) is 18.0 Å². The van der Waals surface area contributed by atoms with Crippen LogP contribution < -0.4 is 5.73 Å². The third-order valence-corrected chi connectivity index (χ3v) is 4.25. The van der Waals surface area contributed by atoms with Gasteiger partial charge in [0.2, 0.25) is 0 Å². The van der Waals surface area contributed by atoms with E-state index in [0.717, 1.165) is 8.45 Å². The fourth-order valence-electron chi connectivity index (χ4n) is 1.25. The third kappa shape index (κ3) is 3.67. The minimum Gasteiger partial charge on any atom is -0.393 e. The van der Waals surface area contributed by atoms with E-state index in [1.54, 1.807) is 23.3 Å². The first-order valence-electron chi connectivity index (χ1n) is 4.71. The Morgan fingerprint density at radius 2 is 2.38 bits per heavy atom. The molecule has 0 saturated carbocycles. The Morgan fingerprint density at radius 3 is 2.81 bits per heavy atom. The number of hydrogen-bond acceptors (Lipinski definition) is 3. The van der Waals surface area contributed by atoms with E-state index in [1.807, 2.05) is 18.4 Å². The molecule has 0 aromatic carbocycles. The molecule has 1 aromatic rings. The summed E-state index contributed by atoms with van der Waals surface area (Å²) in [6.07, 6.45) is 0.554. The molecule has 16 heavy (non-hydrogen) atoms. The lowest BCUT2D eigenvalue weighted by atomic mass is 10.2.